The number of Topliss-reactive ketones (excluding diaryl/α,β-unsaturated/α-hetero) is 1. The Morgan fingerprint density at radius 1 is 0.767 bits per heavy atom. The van der Waals surface area contributed by atoms with E-state index in [9.17, 15) is 4.79 Å². The van der Waals surface area contributed by atoms with Gasteiger partial charge in [0, 0.05) is 11.1 Å². The summed E-state index contributed by atoms with van der Waals surface area (Å²) in [5.41, 5.74) is 4.42. The van der Waals surface area contributed by atoms with Crippen LogP contribution in [0.4, 0.5) is 0 Å². The van der Waals surface area contributed by atoms with Gasteiger partial charge in [0.25, 0.3) is 0 Å². The lowest BCUT2D eigenvalue weighted by Crippen LogP contribution is -2.00. The maximum Gasteiger partial charge on any atom is 0.192 e. The van der Waals surface area contributed by atoms with Crippen molar-refractivity contribution in [3.63, 3.8) is 0 Å². The van der Waals surface area contributed by atoms with E-state index in [1.165, 1.54) is 18.2 Å². The largest absolute Gasteiger partial charge is 0.497 e. The molecule has 0 aliphatic rings. The summed E-state index contributed by atoms with van der Waals surface area (Å²) in [5, 5.41) is 0. The van der Waals surface area contributed by atoms with Crippen LogP contribution in [-0.2, 0) is 4.74 Å². The van der Waals surface area contributed by atoms with Crippen molar-refractivity contribution >= 4 is 5.78 Å². The minimum atomic E-state index is -0.163. The van der Waals surface area contributed by atoms with Crippen molar-refractivity contribution in [3.8, 4) is 22.6 Å². The Bertz CT molecular complexity index is 1070. The van der Waals surface area contributed by atoms with Crippen molar-refractivity contribution < 1.29 is 14.3 Å². The highest BCUT2D eigenvalue weighted by atomic mass is 16.5. The SMILES string of the molecule is C=C(/C=C\C(=C)C(=O)c1ccc(Oc2ccc(-c3ccc(C)cc3)cc2)cc1)OC. The Balaban J connectivity index is 1.64. The molecule has 30 heavy (non-hydrogen) atoms. The van der Waals surface area contributed by atoms with E-state index in [4.69, 9.17) is 9.47 Å². The molecule has 3 aromatic rings. The van der Waals surface area contributed by atoms with Crippen LogP contribution in [0.25, 0.3) is 11.1 Å². The Hall–Kier alpha value is -3.85. The number of hydrogen-bond acceptors (Lipinski definition) is 3. The molecule has 150 valence electrons. The molecule has 0 N–H and O–H groups in total. The van der Waals surface area contributed by atoms with E-state index < -0.39 is 0 Å². The third kappa shape index (κ3) is 5.36. The zero-order chi connectivity index (χ0) is 21.5. The fourth-order valence-electron chi connectivity index (χ4n) is 2.79. The fourth-order valence-corrected chi connectivity index (χ4v) is 2.79. The molecule has 0 amide bonds. The van der Waals surface area contributed by atoms with Crippen molar-refractivity contribution in [2.45, 2.75) is 6.92 Å². The van der Waals surface area contributed by atoms with E-state index >= 15 is 0 Å². The average Bonchev–Trinajstić information content (AvgIpc) is 2.78. The topological polar surface area (TPSA) is 35.5 Å². The molecule has 0 spiro atoms. The molecular formula is C27H24O3. The van der Waals surface area contributed by atoms with Gasteiger partial charge in [-0.15, -0.1) is 0 Å². The summed E-state index contributed by atoms with van der Waals surface area (Å²) >= 11 is 0. The van der Waals surface area contributed by atoms with Crippen LogP contribution < -0.4 is 4.74 Å². The highest BCUT2D eigenvalue weighted by molar-refractivity contribution is 6.10. The Labute approximate surface area is 177 Å². The average molecular weight is 396 g/mol. The van der Waals surface area contributed by atoms with Gasteiger partial charge in [0.2, 0.25) is 0 Å². The number of aryl methyl sites for hydroxylation is 1. The van der Waals surface area contributed by atoms with Gasteiger partial charge in [0.15, 0.2) is 5.78 Å². The number of methoxy groups -OCH3 is 1. The van der Waals surface area contributed by atoms with Gasteiger partial charge < -0.3 is 9.47 Å². The molecule has 0 saturated carbocycles. The number of carbonyl (C=O) groups is 1. The molecule has 0 aliphatic heterocycles. The normalized spacial score (nSPS) is 10.6. The summed E-state index contributed by atoms with van der Waals surface area (Å²) in [6, 6.07) is 23.3. The standard InChI is InChI=1S/C27H24O3/c1-19-5-9-22(10-6-19)23-11-15-25(16-12-23)30-26-17-13-24(14-18-26)27(28)20(2)7-8-21(3)29-4/h5-18H,2-3H2,1,4H3/b8-7-. The molecule has 3 heteroatoms. The quantitative estimate of drug-likeness (QED) is 0.180. The first-order valence-electron chi connectivity index (χ1n) is 9.56. The van der Waals surface area contributed by atoms with Gasteiger partial charge in [-0.1, -0.05) is 55.1 Å². The summed E-state index contributed by atoms with van der Waals surface area (Å²) in [4.78, 5) is 12.4. The minimum absolute atomic E-state index is 0.163. The Kier molecular flexibility index (Phi) is 6.66. The van der Waals surface area contributed by atoms with Gasteiger partial charge >= 0.3 is 0 Å². The van der Waals surface area contributed by atoms with Crippen molar-refractivity contribution in [1.82, 2.24) is 0 Å². The predicted molar refractivity (Wildman–Crippen MR) is 122 cm³/mol. The summed E-state index contributed by atoms with van der Waals surface area (Å²) in [6.45, 7) is 9.55. The highest BCUT2D eigenvalue weighted by Gasteiger charge is 2.08. The molecule has 0 bridgehead atoms. The van der Waals surface area contributed by atoms with Crippen LogP contribution in [0, 0.1) is 6.92 Å². The van der Waals surface area contributed by atoms with Crippen LogP contribution in [-0.4, -0.2) is 12.9 Å². The van der Waals surface area contributed by atoms with Gasteiger partial charge in [-0.05, 0) is 66.6 Å². The molecular weight excluding hydrogens is 372 g/mol. The first kappa shape index (κ1) is 20.9. The van der Waals surface area contributed by atoms with Crippen LogP contribution in [0.5, 0.6) is 11.5 Å². The molecule has 0 aromatic heterocycles. The highest BCUT2D eigenvalue weighted by Crippen LogP contribution is 2.26. The monoisotopic (exact) mass is 396 g/mol. The number of allylic oxidation sites excluding steroid dienone is 3. The maximum absolute atomic E-state index is 12.4. The van der Waals surface area contributed by atoms with Crippen molar-refractivity contribution in [2.75, 3.05) is 7.11 Å². The lowest BCUT2D eigenvalue weighted by molar-refractivity contribution is 0.103. The van der Waals surface area contributed by atoms with Crippen LogP contribution in [0.2, 0.25) is 0 Å². The van der Waals surface area contributed by atoms with E-state index in [2.05, 4.69) is 44.3 Å². The minimum Gasteiger partial charge on any atom is -0.497 e. The van der Waals surface area contributed by atoms with Crippen LogP contribution in [0.3, 0.4) is 0 Å². The van der Waals surface area contributed by atoms with Crippen molar-refractivity contribution in [2.24, 2.45) is 0 Å². The van der Waals surface area contributed by atoms with Crippen LogP contribution in [0.1, 0.15) is 15.9 Å². The first-order valence-corrected chi connectivity index (χ1v) is 9.56. The Morgan fingerprint density at radius 2 is 1.27 bits per heavy atom. The second-order valence-electron chi connectivity index (χ2n) is 6.87. The molecule has 0 atom stereocenters. The number of benzene rings is 3. The molecule has 0 radical (unpaired) electrons. The molecule has 3 rings (SSSR count). The number of ketones is 1. The summed E-state index contributed by atoms with van der Waals surface area (Å²) < 4.78 is 10.8. The van der Waals surface area contributed by atoms with E-state index in [-0.39, 0.29) is 5.78 Å². The number of hydrogen-bond donors (Lipinski definition) is 0. The molecule has 0 unspecified atom stereocenters. The molecule has 3 aromatic carbocycles. The lowest BCUT2D eigenvalue weighted by Gasteiger charge is -2.08. The summed E-state index contributed by atoms with van der Waals surface area (Å²) in [5.74, 6) is 1.68. The first-order chi connectivity index (χ1) is 14.5. The van der Waals surface area contributed by atoms with E-state index in [1.807, 2.05) is 24.3 Å². The van der Waals surface area contributed by atoms with Gasteiger partial charge in [-0.25, -0.2) is 0 Å². The molecule has 0 aliphatic carbocycles. The van der Waals surface area contributed by atoms with E-state index in [0.29, 0.717) is 22.6 Å². The number of ether oxygens (including phenoxy) is 2. The van der Waals surface area contributed by atoms with E-state index in [1.54, 1.807) is 36.4 Å². The zero-order valence-corrected chi connectivity index (χ0v) is 17.2. The zero-order valence-electron chi connectivity index (χ0n) is 17.2. The fraction of sp³-hybridized carbons (Fsp3) is 0.0741. The molecule has 0 fully saturated rings. The summed E-state index contributed by atoms with van der Waals surface area (Å²) in [7, 11) is 1.52. The summed E-state index contributed by atoms with van der Waals surface area (Å²) in [6.07, 6.45) is 3.20. The molecule has 3 nitrogen and oxygen atoms in total. The van der Waals surface area contributed by atoms with Gasteiger partial charge in [0.05, 0.1) is 7.11 Å². The maximum atomic E-state index is 12.4. The van der Waals surface area contributed by atoms with Gasteiger partial charge in [0.1, 0.15) is 17.3 Å². The number of carbonyl (C=O) groups excluding carboxylic acids is 1. The van der Waals surface area contributed by atoms with Gasteiger partial charge in [-0.2, -0.15) is 0 Å². The second kappa shape index (κ2) is 9.57. The van der Waals surface area contributed by atoms with Crippen molar-refractivity contribution in [1.29, 1.82) is 0 Å². The smallest absolute Gasteiger partial charge is 0.192 e. The van der Waals surface area contributed by atoms with E-state index in [0.717, 1.165) is 11.3 Å². The third-order valence-corrected chi connectivity index (χ3v) is 4.62. The second-order valence-corrected chi connectivity index (χ2v) is 6.87. The van der Waals surface area contributed by atoms with Crippen LogP contribution in [0.15, 0.2) is 109 Å². The lowest BCUT2D eigenvalue weighted by atomic mass is 10.0. The predicted octanol–water partition coefficient (Wildman–Crippen LogP) is 6.91. The molecule has 0 saturated heterocycles. The van der Waals surface area contributed by atoms with Crippen molar-refractivity contribution in [3.05, 3.63) is 121 Å². The molecule has 0 heterocycles. The van der Waals surface area contributed by atoms with Crippen LogP contribution >= 0.6 is 0 Å². The number of rotatable bonds is 8. The third-order valence-electron chi connectivity index (χ3n) is 4.62. The Morgan fingerprint density at radius 3 is 1.80 bits per heavy atom. The van der Waals surface area contributed by atoms with Gasteiger partial charge in [-0.3, -0.25) is 4.79 Å².